The van der Waals surface area contributed by atoms with Gasteiger partial charge in [-0.05, 0) is 71.3 Å². The van der Waals surface area contributed by atoms with Gasteiger partial charge >= 0.3 is 11.8 Å². The molecule has 0 spiro atoms. The third-order valence-corrected chi connectivity index (χ3v) is 6.44. The van der Waals surface area contributed by atoms with E-state index < -0.39 is 17.7 Å². The number of hydrogen-bond donors (Lipinski definition) is 3. The number of carbonyl (C=O) groups excluding carboxylic acids is 3. The summed E-state index contributed by atoms with van der Waals surface area (Å²) in [6, 6.07) is 8.06. The highest BCUT2D eigenvalue weighted by atomic mass is 127. The first-order valence-electron chi connectivity index (χ1n) is 10.7. The Morgan fingerprint density at radius 2 is 2.00 bits per heavy atom. The molecule has 3 rings (SSSR count). The molecule has 1 aliphatic rings. The topological polar surface area (TPSA) is 127 Å². The minimum absolute atomic E-state index is 0.0671. The van der Waals surface area contributed by atoms with Gasteiger partial charge in [0.05, 0.1) is 33.0 Å². The highest BCUT2D eigenvalue weighted by Crippen LogP contribution is 2.33. The first kappa shape index (κ1) is 28.0. The number of halogens is 3. The van der Waals surface area contributed by atoms with E-state index in [-0.39, 0.29) is 19.3 Å². The van der Waals surface area contributed by atoms with Crippen LogP contribution in [0.25, 0.3) is 0 Å². The molecule has 3 N–H and O–H groups in total. The van der Waals surface area contributed by atoms with Crippen LogP contribution in [-0.2, 0) is 19.1 Å². The number of carbonyl (C=O) groups is 3. The number of ether oxygens (including phenoxy) is 3. The molecule has 13 heteroatoms. The van der Waals surface area contributed by atoms with E-state index in [1.807, 2.05) is 22.6 Å². The fourth-order valence-electron chi connectivity index (χ4n) is 3.17. The van der Waals surface area contributed by atoms with Crippen LogP contribution in [-0.4, -0.2) is 56.9 Å². The lowest BCUT2D eigenvalue weighted by atomic mass is 10.2. The summed E-state index contributed by atoms with van der Waals surface area (Å²) < 4.78 is 17.1. The van der Waals surface area contributed by atoms with Crippen LogP contribution in [0.1, 0.15) is 18.4 Å². The number of nitrogens with one attached hydrogen (secondary N) is 3. The second-order valence-electron chi connectivity index (χ2n) is 7.54. The second kappa shape index (κ2) is 13.6. The van der Waals surface area contributed by atoms with Gasteiger partial charge in [0, 0.05) is 18.8 Å². The van der Waals surface area contributed by atoms with Crippen molar-refractivity contribution in [1.82, 2.24) is 10.7 Å². The predicted octanol–water partition coefficient (Wildman–Crippen LogP) is 3.37. The van der Waals surface area contributed by atoms with Gasteiger partial charge in [-0.15, -0.1) is 0 Å². The standard InChI is InChI=1S/C23H23Cl2IN4O6/c1-34-19-8-13(10-28-30-23(33)22(32)27-11-15-3-2-6-35-15)7-18(26)21(19)36-12-20(31)29-14-4-5-16(24)17(25)9-14/h4-5,7-10,15H,2-3,6,11-12H2,1H3,(H,27,32)(H,29,31)(H,30,33)/b28-10-/t15-/m1/s1. The summed E-state index contributed by atoms with van der Waals surface area (Å²) in [4.78, 5) is 36.1. The normalized spacial score (nSPS) is 14.9. The number of amides is 3. The highest BCUT2D eigenvalue weighted by Gasteiger charge is 2.19. The average Bonchev–Trinajstić information content (AvgIpc) is 3.37. The summed E-state index contributed by atoms with van der Waals surface area (Å²) >= 11 is 13.9. The quantitative estimate of drug-likeness (QED) is 0.166. The molecule has 0 aliphatic carbocycles. The average molecular weight is 649 g/mol. The van der Waals surface area contributed by atoms with E-state index in [0.29, 0.717) is 43.0 Å². The molecule has 36 heavy (non-hydrogen) atoms. The van der Waals surface area contributed by atoms with E-state index in [0.717, 1.165) is 12.8 Å². The van der Waals surface area contributed by atoms with Crippen molar-refractivity contribution in [2.75, 3.05) is 32.2 Å². The summed E-state index contributed by atoms with van der Waals surface area (Å²) in [5.74, 6) is -1.38. The lowest BCUT2D eigenvalue weighted by molar-refractivity contribution is -0.139. The van der Waals surface area contributed by atoms with Crippen molar-refractivity contribution in [1.29, 1.82) is 0 Å². The zero-order valence-electron chi connectivity index (χ0n) is 19.1. The van der Waals surface area contributed by atoms with Crippen LogP contribution in [0.3, 0.4) is 0 Å². The highest BCUT2D eigenvalue weighted by molar-refractivity contribution is 14.1. The van der Waals surface area contributed by atoms with Crippen molar-refractivity contribution in [2.45, 2.75) is 18.9 Å². The minimum atomic E-state index is -0.890. The zero-order chi connectivity index (χ0) is 26.1. The van der Waals surface area contributed by atoms with Gasteiger partial charge in [-0.3, -0.25) is 14.4 Å². The van der Waals surface area contributed by atoms with Crippen molar-refractivity contribution in [3.8, 4) is 11.5 Å². The summed E-state index contributed by atoms with van der Waals surface area (Å²) in [5, 5.41) is 9.71. The maximum atomic E-state index is 12.3. The molecule has 2 aromatic rings. The Morgan fingerprint density at radius 3 is 2.69 bits per heavy atom. The molecule has 192 valence electrons. The monoisotopic (exact) mass is 648 g/mol. The number of rotatable bonds is 9. The van der Waals surface area contributed by atoms with Crippen LogP contribution < -0.4 is 25.5 Å². The molecule has 2 aromatic carbocycles. The van der Waals surface area contributed by atoms with Crippen LogP contribution >= 0.6 is 45.8 Å². The molecule has 1 fully saturated rings. The number of hydrazone groups is 1. The molecule has 0 bridgehead atoms. The van der Waals surface area contributed by atoms with Gasteiger partial charge in [0.25, 0.3) is 5.91 Å². The van der Waals surface area contributed by atoms with E-state index in [2.05, 4.69) is 21.2 Å². The molecule has 1 heterocycles. The first-order valence-corrected chi connectivity index (χ1v) is 12.6. The Kier molecular flexibility index (Phi) is 10.6. The van der Waals surface area contributed by atoms with Gasteiger partial charge < -0.3 is 24.8 Å². The van der Waals surface area contributed by atoms with Gasteiger partial charge in [0.2, 0.25) is 0 Å². The number of benzene rings is 2. The van der Waals surface area contributed by atoms with Crippen molar-refractivity contribution < 1.29 is 28.6 Å². The number of anilines is 1. The van der Waals surface area contributed by atoms with Crippen LogP contribution in [0.5, 0.6) is 11.5 Å². The van der Waals surface area contributed by atoms with E-state index in [1.54, 1.807) is 24.3 Å². The molecule has 3 amide bonds. The lowest BCUT2D eigenvalue weighted by Gasteiger charge is -2.13. The molecule has 1 saturated heterocycles. The van der Waals surface area contributed by atoms with Gasteiger partial charge in [0.1, 0.15) is 0 Å². The molecule has 1 aliphatic heterocycles. The van der Waals surface area contributed by atoms with Gasteiger partial charge in [-0.2, -0.15) is 5.10 Å². The SMILES string of the molecule is COc1cc(/C=N\NC(=O)C(=O)NC[C@H]2CCCO2)cc(I)c1OCC(=O)Nc1ccc(Cl)c(Cl)c1. The Labute approximate surface area is 231 Å². The van der Waals surface area contributed by atoms with E-state index in [4.69, 9.17) is 37.4 Å². The van der Waals surface area contributed by atoms with Crippen molar-refractivity contribution in [3.05, 3.63) is 49.5 Å². The minimum Gasteiger partial charge on any atom is -0.493 e. The Hall–Kier alpha value is -2.61. The van der Waals surface area contributed by atoms with Crippen molar-refractivity contribution in [2.24, 2.45) is 5.10 Å². The molecule has 10 nitrogen and oxygen atoms in total. The summed E-state index contributed by atoms with van der Waals surface area (Å²) in [6.45, 7) is 0.657. The molecule has 0 aromatic heterocycles. The van der Waals surface area contributed by atoms with Crippen molar-refractivity contribution >= 4 is 75.4 Å². The molecule has 1 atom stereocenters. The smallest absolute Gasteiger partial charge is 0.329 e. The molecular weight excluding hydrogens is 626 g/mol. The molecular formula is C23H23Cl2IN4O6. The number of nitrogens with zero attached hydrogens (tertiary/aromatic N) is 1. The maximum absolute atomic E-state index is 12.3. The molecule has 0 unspecified atom stereocenters. The van der Waals surface area contributed by atoms with E-state index >= 15 is 0 Å². The third-order valence-electron chi connectivity index (χ3n) is 4.90. The van der Waals surface area contributed by atoms with Crippen LogP contribution in [0.15, 0.2) is 35.4 Å². The summed E-state index contributed by atoms with van der Waals surface area (Å²) in [6.07, 6.45) is 3.08. The maximum Gasteiger partial charge on any atom is 0.329 e. The third kappa shape index (κ3) is 8.22. The Bertz CT molecular complexity index is 1160. The van der Waals surface area contributed by atoms with Gasteiger partial charge in [0.15, 0.2) is 18.1 Å². The lowest BCUT2D eigenvalue weighted by Crippen LogP contribution is -2.41. The van der Waals surface area contributed by atoms with Crippen LogP contribution in [0.4, 0.5) is 5.69 Å². The van der Waals surface area contributed by atoms with Crippen LogP contribution in [0, 0.1) is 3.57 Å². The fraction of sp³-hybridized carbons (Fsp3) is 0.304. The number of hydrogen-bond acceptors (Lipinski definition) is 7. The zero-order valence-corrected chi connectivity index (χ0v) is 22.8. The largest absolute Gasteiger partial charge is 0.493 e. The van der Waals surface area contributed by atoms with Crippen molar-refractivity contribution in [3.63, 3.8) is 0 Å². The summed E-state index contributed by atoms with van der Waals surface area (Å²) in [7, 11) is 1.45. The molecule has 0 saturated carbocycles. The van der Waals surface area contributed by atoms with Crippen LogP contribution in [0.2, 0.25) is 10.0 Å². The Balaban J connectivity index is 1.53. The number of methoxy groups -OCH3 is 1. The first-order chi connectivity index (χ1) is 17.3. The predicted molar refractivity (Wildman–Crippen MR) is 144 cm³/mol. The van der Waals surface area contributed by atoms with E-state index in [1.165, 1.54) is 19.4 Å². The fourth-order valence-corrected chi connectivity index (χ4v) is 4.25. The van der Waals surface area contributed by atoms with Gasteiger partial charge in [-0.25, -0.2) is 5.43 Å². The van der Waals surface area contributed by atoms with E-state index in [9.17, 15) is 14.4 Å². The Morgan fingerprint density at radius 1 is 1.19 bits per heavy atom. The molecule has 0 radical (unpaired) electrons. The second-order valence-corrected chi connectivity index (χ2v) is 9.52. The van der Waals surface area contributed by atoms with Gasteiger partial charge in [-0.1, -0.05) is 23.2 Å². The summed E-state index contributed by atoms with van der Waals surface area (Å²) in [5.41, 5.74) is 3.23.